The average Bonchev–Trinajstić information content (AvgIpc) is 2.83. The molecule has 0 bridgehead atoms. The van der Waals surface area contributed by atoms with Crippen molar-refractivity contribution in [2.75, 3.05) is 31.7 Å². The zero-order chi connectivity index (χ0) is 21.8. The molecule has 6 nitrogen and oxygen atoms in total. The number of rotatable bonds is 6. The molecule has 1 fully saturated rings. The lowest BCUT2D eigenvalue weighted by Crippen LogP contribution is -2.38. The number of methoxy groups -OCH3 is 1. The Labute approximate surface area is 181 Å². The maximum absolute atomic E-state index is 13.4. The first-order valence-corrected chi connectivity index (χ1v) is 10.6. The molecule has 160 valence electrons. The maximum atomic E-state index is 13.4. The van der Waals surface area contributed by atoms with Gasteiger partial charge in [-0.15, -0.1) is 0 Å². The van der Waals surface area contributed by atoms with Crippen LogP contribution >= 0.6 is 0 Å². The van der Waals surface area contributed by atoms with Gasteiger partial charge in [-0.1, -0.05) is 30.3 Å². The highest BCUT2D eigenvalue weighted by Gasteiger charge is 2.29. The molecule has 1 aromatic heterocycles. The normalized spacial score (nSPS) is 14.5. The minimum absolute atomic E-state index is 0.0691. The third-order valence-corrected chi connectivity index (χ3v) is 5.76. The Kier molecular flexibility index (Phi) is 6.16. The number of carbonyl (C=O) groups is 2. The van der Waals surface area contributed by atoms with Crippen molar-refractivity contribution in [2.45, 2.75) is 19.8 Å². The van der Waals surface area contributed by atoms with Crippen molar-refractivity contribution in [3.63, 3.8) is 0 Å². The molecule has 2 aromatic carbocycles. The van der Waals surface area contributed by atoms with Crippen molar-refractivity contribution < 1.29 is 19.1 Å². The van der Waals surface area contributed by atoms with E-state index in [1.807, 2.05) is 55.5 Å². The van der Waals surface area contributed by atoms with Crippen molar-refractivity contribution in [2.24, 2.45) is 5.92 Å². The van der Waals surface area contributed by atoms with E-state index in [0.29, 0.717) is 49.4 Å². The highest BCUT2D eigenvalue weighted by molar-refractivity contribution is 6.16. The molecular weight excluding hydrogens is 392 g/mol. The quantitative estimate of drug-likeness (QED) is 0.440. The number of hydrogen-bond donors (Lipinski definition) is 0. The predicted molar refractivity (Wildman–Crippen MR) is 120 cm³/mol. The summed E-state index contributed by atoms with van der Waals surface area (Å²) in [5.74, 6) is 0.401. The van der Waals surface area contributed by atoms with E-state index < -0.39 is 0 Å². The number of pyridine rings is 1. The van der Waals surface area contributed by atoms with Gasteiger partial charge in [0.1, 0.15) is 5.75 Å². The second-order valence-corrected chi connectivity index (χ2v) is 7.61. The monoisotopic (exact) mass is 418 g/mol. The van der Waals surface area contributed by atoms with Crippen LogP contribution in [0.3, 0.4) is 0 Å². The van der Waals surface area contributed by atoms with Crippen LogP contribution in [0.1, 0.15) is 35.7 Å². The zero-order valence-corrected chi connectivity index (χ0v) is 17.8. The summed E-state index contributed by atoms with van der Waals surface area (Å²) in [4.78, 5) is 32.3. The molecule has 31 heavy (non-hydrogen) atoms. The van der Waals surface area contributed by atoms with E-state index >= 15 is 0 Å². The Morgan fingerprint density at radius 3 is 2.52 bits per heavy atom. The number of benzene rings is 2. The number of esters is 1. The van der Waals surface area contributed by atoms with Gasteiger partial charge in [0.25, 0.3) is 0 Å². The Hall–Kier alpha value is -3.41. The molecule has 0 atom stereocenters. The Morgan fingerprint density at radius 2 is 1.84 bits per heavy atom. The van der Waals surface area contributed by atoms with Crippen LogP contribution in [-0.2, 0) is 9.53 Å². The second kappa shape index (κ2) is 9.16. The van der Waals surface area contributed by atoms with E-state index in [1.54, 1.807) is 13.3 Å². The summed E-state index contributed by atoms with van der Waals surface area (Å²) in [6.45, 7) is 3.54. The highest BCUT2D eigenvalue weighted by atomic mass is 16.5. The minimum Gasteiger partial charge on any atom is -0.497 e. The molecule has 1 saturated heterocycles. The average molecular weight is 418 g/mol. The van der Waals surface area contributed by atoms with Gasteiger partial charge in [0.05, 0.1) is 36.4 Å². The lowest BCUT2D eigenvalue weighted by atomic mass is 9.94. The summed E-state index contributed by atoms with van der Waals surface area (Å²) >= 11 is 0. The molecule has 0 N–H and O–H groups in total. The fourth-order valence-electron chi connectivity index (χ4n) is 4.14. The van der Waals surface area contributed by atoms with E-state index in [2.05, 4.69) is 9.88 Å². The molecule has 0 spiro atoms. The zero-order valence-electron chi connectivity index (χ0n) is 17.8. The summed E-state index contributed by atoms with van der Waals surface area (Å²) in [5.41, 5.74) is 2.82. The van der Waals surface area contributed by atoms with Crippen LogP contribution < -0.4 is 9.64 Å². The number of ether oxygens (including phenoxy) is 2. The number of nitrogens with zero attached hydrogens (tertiary/aromatic N) is 2. The van der Waals surface area contributed by atoms with E-state index in [-0.39, 0.29) is 17.7 Å². The number of aromatic nitrogens is 1. The molecule has 0 radical (unpaired) electrons. The van der Waals surface area contributed by atoms with Gasteiger partial charge >= 0.3 is 5.97 Å². The number of carbonyl (C=O) groups excluding carboxylic acids is 2. The number of ketones is 1. The lowest BCUT2D eigenvalue weighted by molar-refractivity contribution is -0.148. The number of hydrogen-bond acceptors (Lipinski definition) is 6. The van der Waals surface area contributed by atoms with Crippen molar-refractivity contribution >= 4 is 28.3 Å². The van der Waals surface area contributed by atoms with E-state index in [4.69, 9.17) is 9.47 Å². The molecule has 1 aliphatic heterocycles. The highest BCUT2D eigenvalue weighted by Crippen LogP contribution is 2.36. The van der Waals surface area contributed by atoms with Gasteiger partial charge in [-0.2, -0.15) is 0 Å². The maximum Gasteiger partial charge on any atom is 0.309 e. The predicted octanol–water partition coefficient (Wildman–Crippen LogP) is 4.25. The van der Waals surface area contributed by atoms with Crippen LogP contribution in [0, 0.1) is 5.92 Å². The molecule has 2 heterocycles. The Bertz CT molecular complexity index is 1090. The first-order chi connectivity index (χ1) is 15.1. The summed E-state index contributed by atoms with van der Waals surface area (Å²) in [7, 11) is 1.62. The van der Waals surface area contributed by atoms with Gasteiger partial charge < -0.3 is 14.4 Å². The van der Waals surface area contributed by atoms with Gasteiger partial charge in [0, 0.05) is 30.2 Å². The van der Waals surface area contributed by atoms with Gasteiger partial charge in [-0.3, -0.25) is 14.6 Å². The van der Waals surface area contributed by atoms with Crippen LogP contribution in [0.25, 0.3) is 10.9 Å². The molecule has 6 heteroatoms. The number of fused-ring (bicyclic) bond motifs is 1. The first kappa shape index (κ1) is 20.8. The van der Waals surface area contributed by atoms with Crippen molar-refractivity contribution in [3.05, 3.63) is 65.9 Å². The van der Waals surface area contributed by atoms with Crippen LogP contribution in [0.2, 0.25) is 0 Å². The topological polar surface area (TPSA) is 68.7 Å². The summed E-state index contributed by atoms with van der Waals surface area (Å²) in [6, 6.07) is 14.9. The lowest BCUT2D eigenvalue weighted by Gasteiger charge is -2.34. The Morgan fingerprint density at radius 1 is 1.10 bits per heavy atom. The van der Waals surface area contributed by atoms with Crippen molar-refractivity contribution in [1.29, 1.82) is 0 Å². The summed E-state index contributed by atoms with van der Waals surface area (Å²) in [6.07, 6.45) is 3.04. The smallest absolute Gasteiger partial charge is 0.309 e. The van der Waals surface area contributed by atoms with Crippen molar-refractivity contribution in [1.82, 2.24) is 4.98 Å². The Balaban J connectivity index is 1.76. The fraction of sp³-hybridized carbons (Fsp3) is 0.320. The van der Waals surface area contributed by atoms with Gasteiger partial charge in [-0.05, 0) is 38.0 Å². The largest absolute Gasteiger partial charge is 0.497 e. The summed E-state index contributed by atoms with van der Waals surface area (Å²) in [5, 5.41) is 0.871. The molecule has 3 aromatic rings. The summed E-state index contributed by atoms with van der Waals surface area (Å²) < 4.78 is 10.6. The van der Waals surface area contributed by atoms with Crippen LogP contribution in [-0.4, -0.2) is 43.5 Å². The fourth-order valence-corrected chi connectivity index (χ4v) is 4.14. The molecule has 0 amide bonds. The first-order valence-electron chi connectivity index (χ1n) is 10.6. The van der Waals surface area contributed by atoms with E-state index in [0.717, 1.165) is 16.6 Å². The van der Waals surface area contributed by atoms with E-state index in [9.17, 15) is 9.59 Å². The second-order valence-electron chi connectivity index (χ2n) is 7.61. The van der Waals surface area contributed by atoms with Gasteiger partial charge in [0.15, 0.2) is 5.78 Å². The molecule has 1 aliphatic rings. The molecular formula is C25H26N2O4. The van der Waals surface area contributed by atoms with Crippen LogP contribution in [0.5, 0.6) is 5.75 Å². The van der Waals surface area contributed by atoms with Crippen molar-refractivity contribution in [3.8, 4) is 5.75 Å². The molecule has 0 aliphatic carbocycles. The SMILES string of the molecule is CCOC(=O)C1CCN(c2c(C(=O)c3ccccc3)cnc3ccc(OC)cc23)CC1. The minimum atomic E-state index is -0.135. The van der Waals surface area contributed by atoms with Crippen LogP contribution in [0.4, 0.5) is 5.69 Å². The van der Waals surface area contributed by atoms with Crippen LogP contribution in [0.15, 0.2) is 54.7 Å². The third-order valence-electron chi connectivity index (χ3n) is 5.76. The number of piperidine rings is 1. The molecule has 0 saturated carbocycles. The van der Waals surface area contributed by atoms with Gasteiger partial charge in [-0.25, -0.2) is 0 Å². The molecule has 4 rings (SSSR count). The number of anilines is 1. The standard InChI is InChI=1S/C25H26N2O4/c1-3-31-25(29)18-11-13-27(14-12-18)23-20-15-19(30-2)9-10-22(20)26-16-21(23)24(28)17-7-5-4-6-8-17/h4-10,15-16,18H,3,11-14H2,1-2H3. The molecule has 0 unspecified atom stereocenters. The van der Waals surface area contributed by atoms with Gasteiger partial charge in [0.2, 0.25) is 0 Å². The van der Waals surface area contributed by atoms with E-state index in [1.165, 1.54) is 0 Å². The third kappa shape index (κ3) is 4.24.